The first-order valence-electron chi connectivity index (χ1n) is 7.00. The van der Waals surface area contributed by atoms with Gasteiger partial charge in [-0.25, -0.2) is 0 Å². The first-order valence-corrected chi connectivity index (χ1v) is 7.00. The number of benzene rings is 1. The van der Waals surface area contributed by atoms with E-state index in [0.717, 1.165) is 11.7 Å². The van der Waals surface area contributed by atoms with Crippen molar-refractivity contribution in [1.82, 2.24) is 0 Å². The molecule has 0 bridgehead atoms. The quantitative estimate of drug-likeness (QED) is 0.888. The predicted octanol–water partition coefficient (Wildman–Crippen LogP) is 3.37. The molecule has 1 aromatic rings. The van der Waals surface area contributed by atoms with Crippen molar-refractivity contribution in [3.63, 3.8) is 0 Å². The van der Waals surface area contributed by atoms with Crippen molar-refractivity contribution in [2.75, 3.05) is 7.11 Å². The zero-order chi connectivity index (χ0) is 13.1. The Morgan fingerprint density at radius 2 is 1.78 bits per heavy atom. The van der Waals surface area contributed by atoms with Crippen LogP contribution in [-0.4, -0.2) is 13.2 Å². The Bertz CT molecular complexity index is 406. The van der Waals surface area contributed by atoms with Crippen LogP contribution in [0.2, 0.25) is 0 Å². The molecule has 0 radical (unpaired) electrons. The van der Waals surface area contributed by atoms with Gasteiger partial charge in [0.15, 0.2) is 0 Å². The topological polar surface area (TPSA) is 35.2 Å². The van der Waals surface area contributed by atoms with Gasteiger partial charge in [-0.3, -0.25) is 0 Å². The maximum absolute atomic E-state index is 5.97. The Kier molecular flexibility index (Phi) is 4.28. The fourth-order valence-electron chi connectivity index (χ4n) is 3.00. The molecule has 1 aliphatic carbocycles. The van der Waals surface area contributed by atoms with E-state index < -0.39 is 0 Å². The van der Waals surface area contributed by atoms with Crippen LogP contribution in [0, 0.1) is 19.8 Å². The molecular formula is C16H25NO. The summed E-state index contributed by atoms with van der Waals surface area (Å²) in [6, 6.07) is 4.78. The number of hydrogen-bond donors (Lipinski definition) is 1. The van der Waals surface area contributed by atoms with Gasteiger partial charge in [0.1, 0.15) is 5.75 Å². The molecule has 2 nitrogen and oxygen atoms in total. The van der Waals surface area contributed by atoms with Gasteiger partial charge in [-0.2, -0.15) is 0 Å². The third-order valence-corrected chi connectivity index (χ3v) is 4.47. The minimum Gasteiger partial charge on any atom is -0.496 e. The maximum atomic E-state index is 5.97. The lowest BCUT2D eigenvalue weighted by atomic mass is 9.81. The second-order valence-electron chi connectivity index (χ2n) is 5.66. The zero-order valence-corrected chi connectivity index (χ0v) is 11.8. The fraction of sp³-hybridized carbons (Fsp3) is 0.625. The average Bonchev–Trinajstić information content (AvgIpc) is 2.38. The van der Waals surface area contributed by atoms with E-state index in [9.17, 15) is 0 Å². The molecule has 0 amide bonds. The minimum atomic E-state index is 0.444. The molecule has 2 N–H and O–H groups in total. The van der Waals surface area contributed by atoms with Crippen LogP contribution in [-0.2, 0) is 6.42 Å². The monoisotopic (exact) mass is 247 g/mol. The standard InChI is InChI=1S/C16H25NO/c1-11-12(2)16(18-3)9-6-14(11)10-13-4-7-15(17)8-5-13/h6,9,13,15H,4-5,7-8,10,17H2,1-3H3. The number of hydrogen-bond acceptors (Lipinski definition) is 2. The Hall–Kier alpha value is -1.02. The summed E-state index contributed by atoms with van der Waals surface area (Å²) in [7, 11) is 1.74. The smallest absolute Gasteiger partial charge is 0.122 e. The van der Waals surface area contributed by atoms with Crippen molar-refractivity contribution in [1.29, 1.82) is 0 Å². The third kappa shape index (κ3) is 2.86. The summed E-state index contributed by atoms with van der Waals surface area (Å²) < 4.78 is 5.37. The summed E-state index contributed by atoms with van der Waals surface area (Å²) in [5, 5.41) is 0. The molecule has 0 heterocycles. The van der Waals surface area contributed by atoms with E-state index in [-0.39, 0.29) is 0 Å². The van der Waals surface area contributed by atoms with Crippen molar-refractivity contribution in [3.8, 4) is 5.75 Å². The molecule has 18 heavy (non-hydrogen) atoms. The number of nitrogens with two attached hydrogens (primary N) is 1. The SMILES string of the molecule is COc1ccc(CC2CCC(N)CC2)c(C)c1C. The molecule has 2 heteroatoms. The van der Waals surface area contributed by atoms with Gasteiger partial charge >= 0.3 is 0 Å². The van der Waals surface area contributed by atoms with Gasteiger partial charge < -0.3 is 10.5 Å². The summed E-state index contributed by atoms with van der Waals surface area (Å²) in [5.74, 6) is 1.82. The van der Waals surface area contributed by atoms with E-state index in [1.165, 1.54) is 48.8 Å². The van der Waals surface area contributed by atoms with E-state index >= 15 is 0 Å². The Balaban J connectivity index is 2.08. The van der Waals surface area contributed by atoms with Crippen molar-refractivity contribution >= 4 is 0 Å². The van der Waals surface area contributed by atoms with Crippen LogP contribution in [0.3, 0.4) is 0 Å². The van der Waals surface area contributed by atoms with Gasteiger partial charge in [-0.05, 0) is 74.6 Å². The normalized spacial score (nSPS) is 24.0. The van der Waals surface area contributed by atoms with Crippen molar-refractivity contribution in [2.24, 2.45) is 11.7 Å². The zero-order valence-electron chi connectivity index (χ0n) is 11.8. The number of methoxy groups -OCH3 is 1. The van der Waals surface area contributed by atoms with Crippen molar-refractivity contribution in [3.05, 3.63) is 28.8 Å². The predicted molar refractivity (Wildman–Crippen MR) is 76.1 cm³/mol. The first-order chi connectivity index (χ1) is 8.61. The molecule has 1 aromatic carbocycles. The molecular weight excluding hydrogens is 222 g/mol. The highest BCUT2D eigenvalue weighted by Gasteiger charge is 2.19. The molecule has 0 spiro atoms. The third-order valence-electron chi connectivity index (χ3n) is 4.47. The van der Waals surface area contributed by atoms with E-state index in [4.69, 9.17) is 10.5 Å². The van der Waals surface area contributed by atoms with Crippen molar-refractivity contribution < 1.29 is 4.74 Å². The van der Waals surface area contributed by atoms with Gasteiger partial charge in [0.25, 0.3) is 0 Å². The largest absolute Gasteiger partial charge is 0.496 e. The summed E-state index contributed by atoms with van der Waals surface area (Å²) in [6.07, 6.45) is 6.15. The molecule has 0 atom stereocenters. The molecule has 2 rings (SSSR count). The molecule has 0 aromatic heterocycles. The lowest BCUT2D eigenvalue weighted by Gasteiger charge is -2.27. The fourth-order valence-corrected chi connectivity index (χ4v) is 3.00. The van der Waals surface area contributed by atoms with Gasteiger partial charge in [0, 0.05) is 6.04 Å². The summed E-state index contributed by atoms with van der Waals surface area (Å²) in [5.41, 5.74) is 10.1. The highest BCUT2D eigenvalue weighted by atomic mass is 16.5. The van der Waals surface area contributed by atoms with Gasteiger partial charge in [0.05, 0.1) is 7.11 Å². The van der Waals surface area contributed by atoms with Crippen LogP contribution < -0.4 is 10.5 Å². The first kappa shape index (κ1) is 13.4. The Morgan fingerprint density at radius 1 is 1.11 bits per heavy atom. The van der Waals surface area contributed by atoms with Crippen LogP contribution in [0.4, 0.5) is 0 Å². The van der Waals surface area contributed by atoms with Crippen LogP contribution in [0.5, 0.6) is 5.75 Å². The second-order valence-corrected chi connectivity index (χ2v) is 5.66. The van der Waals surface area contributed by atoms with Gasteiger partial charge in [0.2, 0.25) is 0 Å². The molecule has 0 unspecified atom stereocenters. The van der Waals surface area contributed by atoms with E-state index in [1.54, 1.807) is 7.11 Å². The van der Waals surface area contributed by atoms with Gasteiger partial charge in [-0.15, -0.1) is 0 Å². The van der Waals surface area contributed by atoms with Crippen LogP contribution in [0.15, 0.2) is 12.1 Å². The van der Waals surface area contributed by atoms with Crippen molar-refractivity contribution in [2.45, 2.75) is 52.0 Å². The van der Waals surface area contributed by atoms with E-state index in [2.05, 4.69) is 26.0 Å². The molecule has 0 saturated heterocycles. The molecule has 1 fully saturated rings. The molecule has 0 aliphatic heterocycles. The molecule has 100 valence electrons. The summed E-state index contributed by atoms with van der Waals surface area (Å²) >= 11 is 0. The Labute approximate surface area is 111 Å². The van der Waals surface area contributed by atoms with Crippen LogP contribution in [0.25, 0.3) is 0 Å². The van der Waals surface area contributed by atoms with Gasteiger partial charge in [-0.1, -0.05) is 6.07 Å². The summed E-state index contributed by atoms with van der Waals surface area (Å²) in [6.45, 7) is 4.36. The highest BCUT2D eigenvalue weighted by Crippen LogP contribution is 2.30. The molecule has 1 aliphatic rings. The maximum Gasteiger partial charge on any atom is 0.122 e. The number of ether oxygens (including phenoxy) is 1. The van der Waals surface area contributed by atoms with Crippen LogP contribution >= 0.6 is 0 Å². The highest BCUT2D eigenvalue weighted by molar-refractivity contribution is 5.43. The lowest BCUT2D eigenvalue weighted by Crippen LogP contribution is -2.27. The molecule has 1 saturated carbocycles. The van der Waals surface area contributed by atoms with Crippen LogP contribution in [0.1, 0.15) is 42.4 Å². The average molecular weight is 247 g/mol. The lowest BCUT2D eigenvalue weighted by molar-refractivity contribution is 0.324. The summed E-state index contributed by atoms with van der Waals surface area (Å²) in [4.78, 5) is 0. The van der Waals surface area contributed by atoms with E-state index in [0.29, 0.717) is 6.04 Å². The van der Waals surface area contributed by atoms with E-state index in [1.807, 2.05) is 0 Å². The minimum absolute atomic E-state index is 0.444. The number of rotatable bonds is 3. The second kappa shape index (κ2) is 5.75. The Morgan fingerprint density at radius 3 is 2.39 bits per heavy atom.